The molecule has 0 aliphatic rings. The SMILES string of the molecule is Cc1cc(NC(=O)[C@@H](NS(=O)(=O)c2ccc(Cl)cc2)C(C)C)no1. The molecule has 7 nitrogen and oxygen atoms in total. The van der Waals surface area contributed by atoms with E-state index in [0.717, 1.165) is 0 Å². The van der Waals surface area contributed by atoms with Gasteiger partial charge in [0.05, 0.1) is 4.90 Å². The summed E-state index contributed by atoms with van der Waals surface area (Å²) in [6, 6.07) is 6.27. The highest BCUT2D eigenvalue weighted by molar-refractivity contribution is 7.89. The van der Waals surface area contributed by atoms with Crippen LogP contribution >= 0.6 is 11.6 Å². The topological polar surface area (TPSA) is 101 Å². The van der Waals surface area contributed by atoms with Crippen LogP contribution in [0.5, 0.6) is 0 Å². The molecule has 2 aromatic rings. The third-order valence-corrected chi connectivity index (χ3v) is 4.94. The molecule has 1 amide bonds. The maximum atomic E-state index is 12.5. The molecule has 0 spiro atoms. The summed E-state index contributed by atoms with van der Waals surface area (Å²) in [4.78, 5) is 12.4. The monoisotopic (exact) mass is 371 g/mol. The van der Waals surface area contributed by atoms with E-state index in [4.69, 9.17) is 16.1 Å². The number of benzene rings is 1. The summed E-state index contributed by atoms with van der Waals surface area (Å²) >= 11 is 5.77. The zero-order chi connectivity index (χ0) is 17.9. The molecule has 0 saturated heterocycles. The van der Waals surface area contributed by atoms with E-state index in [9.17, 15) is 13.2 Å². The van der Waals surface area contributed by atoms with Crippen molar-refractivity contribution >= 4 is 33.3 Å². The van der Waals surface area contributed by atoms with Crippen molar-refractivity contribution in [3.05, 3.63) is 41.1 Å². The first kappa shape index (κ1) is 18.4. The number of sulfonamides is 1. The molecule has 0 fully saturated rings. The lowest BCUT2D eigenvalue weighted by atomic mass is 10.1. The van der Waals surface area contributed by atoms with Gasteiger partial charge >= 0.3 is 0 Å². The van der Waals surface area contributed by atoms with Crippen LogP contribution in [0.1, 0.15) is 19.6 Å². The molecule has 1 heterocycles. The summed E-state index contributed by atoms with van der Waals surface area (Å²) in [5.74, 6) is -0.0297. The van der Waals surface area contributed by atoms with Crippen molar-refractivity contribution in [1.29, 1.82) is 0 Å². The Morgan fingerprint density at radius 2 is 1.88 bits per heavy atom. The lowest BCUT2D eigenvalue weighted by molar-refractivity contribution is -0.118. The average Bonchev–Trinajstić information content (AvgIpc) is 2.90. The van der Waals surface area contributed by atoms with Gasteiger partial charge in [-0.25, -0.2) is 8.42 Å². The second-order valence-corrected chi connectivity index (χ2v) is 7.76. The van der Waals surface area contributed by atoms with Crippen molar-refractivity contribution in [3.63, 3.8) is 0 Å². The Hall–Kier alpha value is -1.90. The Bertz CT molecular complexity index is 815. The standard InChI is InChI=1S/C15H18ClN3O4S/c1-9(2)14(15(20)17-13-8-10(3)23-18-13)19-24(21,22)12-6-4-11(16)5-7-12/h4-9,14,19H,1-3H3,(H,17,18,20)/t14-/m0/s1. The smallest absolute Gasteiger partial charge is 0.244 e. The van der Waals surface area contributed by atoms with Crippen LogP contribution in [0.2, 0.25) is 5.02 Å². The van der Waals surface area contributed by atoms with Gasteiger partial charge in [0.15, 0.2) is 5.82 Å². The normalized spacial score (nSPS) is 13.0. The van der Waals surface area contributed by atoms with Crippen LogP contribution in [-0.4, -0.2) is 25.5 Å². The van der Waals surface area contributed by atoms with Gasteiger partial charge in [0.1, 0.15) is 11.8 Å². The molecule has 1 aromatic carbocycles. The Morgan fingerprint density at radius 1 is 1.25 bits per heavy atom. The number of aromatic nitrogens is 1. The van der Waals surface area contributed by atoms with Gasteiger partial charge in [-0.05, 0) is 37.1 Å². The summed E-state index contributed by atoms with van der Waals surface area (Å²) in [5, 5.41) is 6.62. The Labute approximate surface area is 145 Å². The molecule has 0 aliphatic carbocycles. The number of hydrogen-bond acceptors (Lipinski definition) is 5. The number of amides is 1. The van der Waals surface area contributed by atoms with Crippen molar-refractivity contribution < 1.29 is 17.7 Å². The highest BCUT2D eigenvalue weighted by Gasteiger charge is 2.29. The van der Waals surface area contributed by atoms with E-state index in [0.29, 0.717) is 10.8 Å². The lowest BCUT2D eigenvalue weighted by Gasteiger charge is -2.21. The third-order valence-electron chi connectivity index (χ3n) is 3.23. The highest BCUT2D eigenvalue weighted by Crippen LogP contribution is 2.16. The van der Waals surface area contributed by atoms with Crippen molar-refractivity contribution in [2.75, 3.05) is 5.32 Å². The predicted molar refractivity (Wildman–Crippen MR) is 90.3 cm³/mol. The maximum Gasteiger partial charge on any atom is 0.244 e. The van der Waals surface area contributed by atoms with Crippen molar-refractivity contribution in [1.82, 2.24) is 9.88 Å². The largest absolute Gasteiger partial charge is 0.360 e. The Balaban J connectivity index is 2.18. The molecule has 130 valence electrons. The fraction of sp³-hybridized carbons (Fsp3) is 0.333. The first-order chi connectivity index (χ1) is 11.2. The number of rotatable bonds is 6. The van der Waals surface area contributed by atoms with Crippen LogP contribution in [0, 0.1) is 12.8 Å². The highest BCUT2D eigenvalue weighted by atomic mass is 35.5. The Morgan fingerprint density at radius 3 is 2.38 bits per heavy atom. The zero-order valence-electron chi connectivity index (χ0n) is 13.4. The summed E-state index contributed by atoms with van der Waals surface area (Å²) in [6.07, 6.45) is 0. The van der Waals surface area contributed by atoms with E-state index in [-0.39, 0.29) is 16.6 Å². The summed E-state index contributed by atoms with van der Waals surface area (Å²) in [5.41, 5.74) is 0. The van der Waals surface area contributed by atoms with E-state index in [1.165, 1.54) is 24.3 Å². The van der Waals surface area contributed by atoms with Crippen LogP contribution in [-0.2, 0) is 14.8 Å². The lowest BCUT2D eigenvalue weighted by Crippen LogP contribution is -2.47. The van der Waals surface area contributed by atoms with Crippen molar-refractivity contribution in [2.24, 2.45) is 5.92 Å². The summed E-state index contributed by atoms with van der Waals surface area (Å²) < 4.78 is 32.2. The van der Waals surface area contributed by atoms with Crippen LogP contribution in [0.4, 0.5) is 5.82 Å². The summed E-state index contributed by atoms with van der Waals surface area (Å²) in [7, 11) is -3.87. The van der Waals surface area contributed by atoms with Crippen LogP contribution < -0.4 is 10.0 Å². The number of carbonyl (C=O) groups excluding carboxylic acids is 1. The van der Waals surface area contributed by atoms with Gasteiger partial charge < -0.3 is 9.84 Å². The third kappa shape index (κ3) is 4.56. The number of nitrogens with one attached hydrogen (secondary N) is 2. The molecule has 0 unspecified atom stereocenters. The number of anilines is 1. The van der Waals surface area contributed by atoms with Gasteiger partial charge in [-0.2, -0.15) is 4.72 Å². The number of hydrogen-bond donors (Lipinski definition) is 2. The quantitative estimate of drug-likeness (QED) is 0.812. The molecule has 0 bridgehead atoms. The molecule has 0 aliphatic heterocycles. The minimum absolute atomic E-state index is 0.0302. The van der Waals surface area contributed by atoms with Crippen LogP contribution in [0.15, 0.2) is 39.8 Å². The van der Waals surface area contributed by atoms with E-state index in [2.05, 4.69) is 15.2 Å². The van der Waals surface area contributed by atoms with E-state index in [1.54, 1.807) is 26.8 Å². The van der Waals surface area contributed by atoms with E-state index < -0.39 is 22.0 Å². The zero-order valence-corrected chi connectivity index (χ0v) is 15.0. The number of carbonyl (C=O) groups is 1. The molecule has 2 N–H and O–H groups in total. The van der Waals surface area contributed by atoms with Gasteiger partial charge in [0, 0.05) is 11.1 Å². The predicted octanol–water partition coefficient (Wildman–Crippen LogP) is 2.58. The van der Waals surface area contributed by atoms with Gasteiger partial charge in [0.2, 0.25) is 15.9 Å². The second kappa shape index (κ2) is 7.33. The fourth-order valence-corrected chi connectivity index (χ4v) is 3.44. The average molecular weight is 372 g/mol. The molecule has 1 aromatic heterocycles. The van der Waals surface area contributed by atoms with E-state index in [1.807, 2.05) is 0 Å². The molecule has 2 rings (SSSR count). The molecule has 24 heavy (non-hydrogen) atoms. The number of halogens is 1. The summed E-state index contributed by atoms with van der Waals surface area (Å²) in [6.45, 7) is 5.16. The van der Waals surface area contributed by atoms with Crippen molar-refractivity contribution in [3.8, 4) is 0 Å². The van der Waals surface area contributed by atoms with Crippen molar-refractivity contribution in [2.45, 2.75) is 31.7 Å². The van der Waals surface area contributed by atoms with Crippen LogP contribution in [0.25, 0.3) is 0 Å². The van der Waals surface area contributed by atoms with Crippen LogP contribution in [0.3, 0.4) is 0 Å². The first-order valence-electron chi connectivity index (χ1n) is 7.21. The second-order valence-electron chi connectivity index (χ2n) is 5.61. The van der Waals surface area contributed by atoms with Gasteiger partial charge in [-0.3, -0.25) is 4.79 Å². The molecular formula is C15H18ClN3O4S. The van der Waals surface area contributed by atoms with E-state index >= 15 is 0 Å². The number of nitrogens with zero attached hydrogens (tertiary/aromatic N) is 1. The molecular weight excluding hydrogens is 354 g/mol. The first-order valence-corrected chi connectivity index (χ1v) is 9.07. The molecule has 0 saturated carbocycles. The molecule has 9 heteroatoms. The van der Waals surface area contributed by atoms with Gasteiger partial charge in [0.25, 0.3) is 0 Å². The minimum Gasteiger partial charge on any atom is -0.360 e. The van der Waals surface area contributed by atoms with Gasteiger partial charge in [-0.1, -0.05) is 30.6 Å². The Kier molecular flexibility index (Phi) is 5.63. The minimum atomic E-state index is -3.87. The number of aryl methyl sites for hydroxylation is 1. The molecule has 0 radical (unpaired) electrons. The van der Waals surface area contributed by atoms with Gasteiger partial charge in [-0.15, -0.1) is 0 Å². The fourth-order valence-electron chi connectivity index (χ4n) is 1.97. The maximum absolute atomic E-state index is 12.5. The molecule has 1 atom stereocenters.